The zero-order valence-corrected chi connectivity index (χ0v) is 17.5. The predicted octanol–water partition coefficient (Wildman–Crippen LogP) is 2.55. The van der Waals surface area contributed by atoms with Crippen LogP contribution in [-0.2, 0) is 4.74 Å². The van der Waals surface area contributed by atoms with Gasteiger partial charge in [0, 0.05) is 25.7 Å². The van der Waals surface area contributed by atoms with Crippen molar-refractivity contribution in [2.45, 2.75) is 19.9 Å². The Morgan fingerprint density at radius 2 is 1.97 bits per heavy atom. The molecule has 1 saturated heterocycles. The molecule has 2 aromatic rings. The van der Waals surface area contributed by atoms with E-state index in [0.717, 1.165) is 0 Å². The van der Waals surface area contributed by atoms with Crippen molar-refractivity contribution in [1.29, 1.82) is 0 Å². The molecule has 3 rings (SSSR count). The number of piperazine rings is 1. The molecule has 1 aliphatic rings. The Kier molecular flexibility index (Phi) is 6.63. The van der Waals surface area contributed by atoms with E-state index in [4.69, 9.17) is 0 Å². The summed E-state index contributed by atoms with van der Waals surface area (Å²) in [5.74, 6) is 0.161. The minimum absolute atomic E-state index is 0.120. The number of benzene rings is 1. The number of amides is 2. The summed E-state index contributed by atoms with van der Waals surface area (Å²) in [6.07, 6.45) is 2.87. The number of urea groups is 1. The zero-order valence-electron chi connectivity index (χ0n) is 17.5. The average Bonchev–Trinajstić information content (AvgIpc) is 2.78. The summed E-state index contributed by atoms with van der Waals surface area (Å²) in [6.45, 7) is 5.42. The topological polar surface area (TPSA) is 131 Å². The highest BCUT2D eigenvalue weighted by atomic mass is 16.6. The molecule has 1 aliphatic heterocycles. The van der Waals surface area contributed by atoms with Crippen LogP contribution in [0.15, 0.2) is 36.7 Å². The van der Waals surface area contributed by atoms with Gasteiger partial charge in [0.1, 0.15) is 11.5 Å². The van der Waals surface area contributed by atoms with Crippen molar-refractivity contribution in [2.75, 3.05) is 37.0 Å². The quantitative estimate of drug-likeness (QED) is 0.437. The number of esters is 1. The van der Waals surface area contributed by atoms with Crippen LogP contribution in [0.5, 0.6) is 0 Å². The summed E-state index contributed by atoms with van der Waals surface area (Å²) in [5, 5.41) is 13.9. The fraction of sp³-hybridized carbons (Fsp3) is 0.400. The molecule has 1 fully saturated rings. The minimum Gasteiger partial charge on any atom is -0.464 e. The van der Waals surface area contributed by atoms with E-state index < -0.39 is 10.9 Å². The third kappa shape index (κ3) is 4.87. The van der Waals surface area contributed by atoms with Gasteiger partial charge in [0.05, 0.1) is 30.5 Å². The lowest BCUT2D eigenvalue weighted by Crippen LogP contribution is -2.58. The molecule has 0 radical (unpaired) electrons. The lowest BCUT2D eigenvalue weighted by atomic mass is 10.00. The van der Waals surface area contributed by atoms with E-state index >= 15 is 0 Å². The van der Waals surface area contributed by atoms with Gasteiger partial charge in [0.25, 0.3) is 5.69 Å². The van der Waals surface area contributed by atoms with Crippen LogP contribution in [0.1, 0.15) is 24.3 Å². The molecule has 1 aromatic heterocycles. The van der Waals surface area contributed by atoms with Gasteiger partial charge in [-0.25, -0.2) is 19.6 Å². The van der Waals surface area contributed by atoms with Crippen molar-refractivity contribution in [2.24, 2.45) is 5.92 Å². The SMILES string of the molecule is COC(=O)c1cnc(N2CCN(C(=O)Nc3ccccc3[N+](=O)[O-])C(C(C)C)C2)cn1. The summed E-state index contributed by atoms with van der Waals surface area (Å²) >= 11 is 0. The van der Waals surface area contributed by atoms with Crippen LogP contribution in [0.2, 0.25) is 0 Å². The molecule has 11 heteroatoms. The van der Waals surface area contributed by atoms with E-state index in [0.29, 0.717) is 25.5 Å². The third-order valence-electron chi connectivity index (χ3n) is 5.15. The van der Waals surface area contributed by atoms with Crippen molar-refractivity contribution >= 4 is 29.2 Å². The van der Waals surface area contributed by atoms with Gasteiger partial charge in [-0.15, -0.1) is 0 Å². The number of rotatable bonds is 5. The number of methoxy groups -OCH3 is 1. The molecular weight excluding hydrogens is 404 g/mol. The van der Waals surface area contributed by atoms with Gasteiger partial charge in [-0.2, -0.15) is 0 Å². The number of hydrogen-bond donors (Lipinski definition) is 1. The van der Waals surface area contributed by atoms with Crippen molar-refractivity contribution in [1.82, 2.24) is 14.9 Å². The van der Waals surface area contributed by atoms with Crippen molar-refractivity contribution in [3.05, 3.63) is 52.5 Å². The Bertz CT molecular complexity index is 965. The molecule has 1 aromatic carbocycles. The van der Waals surface area contributed by atoms with E-state index in [1.807, 2.05) is 18.7 Å². The first-order valence-corrected chi connectivity index (χ1v) is 9.78. The standard InChI is InChI=1S/C20H24N6O5/c1-13(2)17-12-24(18-11-21-15(10-22-18)19(27)31-3)8-9-25(17)20(28)23-14-6-4-5-7-16(14)26(29)30/h4-7,10-11,13,17H,8-9,12H2,1-3H3,(H,23,28). The Balaban J connectivity index is 1.74. The average molecular weight is 428 g/mol. The van der Waals surface area contributed by atoms with E-state index in [1.165, 1.54) is 31.6 Å². The summed E-state index contributed by atoms with van der Waals surface area (Å²) in [7, 11) is 1.28. The number of carbonyl (C=O) groups excluding carboxylic acids is 2. The van der Waals surface area contributed by atoms with Gasteiger partial charge >= 0.3 is 12.0 Å². The summed E-state index contributed by atoms with van der Waals surface area (Å²) in [6, 6.07) is 5.50. The number of ether oxygens (including phenoxy) is 1. The number of para-hydroxylation sites is 2. The van der Waals surface area contributed by atoms with Crippen molar-refractivity contribution < 1.29 is 19.2 Å². The van der Waals surface area contributed by atoms with E-state index in [9.17, 15) is 19.7 Å². The summed E-state index contributed by atoms with van der Waals surface area (Å²) in [4.78, 5) is 47.3. The Hall–Kier alpha value is -3.76. The molecule has 0 saturated carbocycles. The highest BCUT2D eigenvalue weighted by Gasteiger charge is 2.34. The van der Waals surface area contributed by atoms with E-state index in [1.54, 1.807) is 17.0 Å². The number of nitro benzene ring substituents is 1. The molecule has 0 bridgehead atoms. The van der Waals surface area contributed by atoms with Crippen molar-refractivity contribution in [3.8, 4) is 0 Å². The highest BCUT2D eigenvalue weighted by molar-refractivity contribution is 5.92. The Morgan fingerprint density at radius 1 is 1.23 bits per heavy atom. The number of hydrogen-bond acceptors (Lipinski definition) is 8. The third-order valence-corrected chi connectivity index (χ3v) is 5.15. The fourth-order valence-corrected chi connectivity index (χ4v) is 3.46. The molecule has 1 unspecified atom stereocenters. The number of anilines is 2. The molecule has 31 heavy (non-hydrogen) atoms. The van der Waals surface area contributed by atoms with Crippen LogP contribution < -0.4 is 10.2 Å². The van der Waals surface area contributed by atoms with E-state index in [2.05, 4.69) is 20.0 Å². The highest BCUT2D eigenvalue weighted by Crippen LogP contribution is 2.26. The first kappa shape index (κ1) is 21.9. The number of aromatic nitrogens is 2. The van der Waals surface area contributed by atoms with Crippen LogP contribution >= 0.6 is 0 Å². The maximum absolute atomic E-state index is 12.9. The van der Waals surface area contributed by atoms with Gasteiger partial charge in [-0.1, -0.05) is 26.0 Å². The van der Waals surface area contributed by atoms with Crippen LogP contribution in [0.3, 0.4) is 0 Å². The monoisotopic (exact) mass is 428 g/mol. The summed E-state index contributed by atoms with van der Waals surface area (Å²) in [5.41, 5.74) is 0.123. The number of carbonyl (C=O) groups is 2. The molecular formula is C20H24N6O5. The normalized spacial score (nSPS) is 16.2. The Labute approximate surface area is 179 Å². The first-order chi connectivity index (χ1) is 14.8. The van der Waals surface area contributed by atoms with Crippen LogP contribution in [-0.4, -0.2) is 64.6 Å². The molecule has 1 atom stereocenters. The largest absolute Gasteiger partial charge is 0.464 e. The van der Waals surface area contributed by atoms with Gasteiger partial charge < -0.3 is 19.9 Å². The molecule has 2 amide bonds. The smallest absolute Gasteiger partial charge is 0.358 e. The number of nitrogens with zero attached hydrogens (tertiary/aromatic N) is 5. The number of nitro groups is 1. The molecule has 1 N–H and O–H groups in total. The molecule has 0 spiro atoms. The van der Waals surface area contributed by atoms with E-state index in [-0.39, 0.29) is 35.1 Å². The maximum Gasteiger partial charge on any atom is 0.358 e. The Morgan fingerprint density at radius 3 is 2.58 bits per heavy atom. The van der Waals surface area contributed by atoms with Crippen LogP contribution in [0.25, 0.3) is 0 Å². The van der Waals surface area contributed by atoms with Crippen molar-refractivity contribution in [3.63, 3.8) is 0 Å². The van der Waals surface area contributed by atoms with Gasteiger partial charge in [0.15, 0.2) is 5.69 Å². The maximum atomic E-state index is 12.9. The van der Waals surface area contributed by atoms with Crippen LogP contribution in [0.4, 0.5) is 22.0 Å². The molecule has 164 valence electrons. The molecule has 0 aliphatic carbocycles. The second-order valence-corrected chi connectivity index (χ2v) is 7.41. The second-order valence-electron chi connectivity index (χ2n) is 7.41. The molecule has 2 heterocycles. The minimum atomic E-state index is -0.560. The predicted molar refractivity (Wildman–Crippen MR) is 113 cm³/mol. The summed E-state index contributed by atoms with van der Waals surface area (Å²) < 4.78 is 4.63. The van der Waals surface area contributed by atoms with Crippen LogP contribution in [0, 0.1) is 16.0 Å². The second kappa shape index (κ2) is 9.37. The van der Waals surface area contributed by atoms with Gasteiger partial charge in [-0.3, -0.25) is 10.1 Å². The fourth-order valence-electron chi connectivity index (χ4n) is 3.46. The van der Waals surface area contributed by atoms with Gasteiger partial charge in [-0.05, 0) is 12.0 Å². The molecule has 11 nitrogen and oxygen atoms in total. The first-order valence-electron chi connectivity index (χ1n) is 9.78. The zero-order chi connectivity index (χ0) is 22.5. The lowest BCUT2D eigenvalue weighted by Gasteiger charge is -2.43. The lowest BCUT2D eigenvalue weighted by molar-refractivity contribution is -0.383. The van der Waals surface area contributed by atoms with Gasteiger partial charge in [0.2, 0.25) is 0 Å². The number of nitrogens with one attached hydrogen (secondary N) is 1.